The van der Waals surface area contributed by atoms with Crippen LogP contribution in [0.25, 0.3) is 0 Å². The van der Waals surface area contributed by atoms with Crippen molar-refractivity contribution in [3.63, 3.8) is 0 Å². The van der Waals surface area contributed by atoms with Gasteiger partial charge in [0.15, 0.2) is 0 Å². The Kier molecular flexibility index (Phi) is 4.35. The second-order valence-electron chi connectivity index (χ2n) is 4.80. The molecule has 1 rings (SSSR count). The molecule has 1 saturated heterocycles. The van der Waals surface area contributed by atoms with Crippen LogP contribution in [0.2, 0.25) is 0 Å². The van der Waals surface area contributed by atoms with Crippen LogP contribution in [-0.2, 0) is 0 Å². The van der Waals surface area contributed by atoms with Crippen LogP contribution in [0.15, 0.2) is 0 Å². The van der Waals surface area contributed by atoms with Crippen LogP contribution in [0.5, 0.6) is 0 Å². The highest BCUT2D eigenvalue weighted by Gasteiger charge is 2.33. The van der Waals surface area contributed by atoms with Gasteiger partial charge in [-0.15, -0.1) is 0 Å². The second kappa shape index (κ2) is 5.10. The second-order valence-corrected chi connectivity index (χ2v) is 4.80. The molecule has 1 heterocycles. The molecule has 0 aromatic carbocycles. The molecule has 0 aliphatic carbocycles. The van der Waals surface area contributed by atoms with Crippen molar-refractivity contribution in [2.75, 3.05) is 13.2 Å². The normalized spacial score (nSPS) is 28.3. The van der Waals surface area contributed by atoms with Gasteiger partial charge in [0.05, 0.1) is 6.61 Å². The maximum atomic E-state index is 9.33. The van der Waals surface area contributed by atoms with Crippen molar-refractivity contribution in [1.29, 1.82) is 0 Å². The van der Waals surface area contributed by atoms with E-state index >= 15 is 0 Å². The topological polar surface area (TPSA) is 49.5 Å². The standard InChI is InChI=1S/C11H24N2O/c1-8(2)10-5-4-6-13(10)11(7-14)9(3)12/h8-11,14H,4-7,12H2,1-3H3. The minimum Gasteiger partial charge on any atom is -0.395 e. The maximum Gasteiger partial charge on any atom is 0.0601 e. The third kappa shape index (κ3) is 2.47. The summed E-state index contributed by atoms with van der Waals surface area (Å²) in [4.78, 5) is 2.40. The van der Waals surface area contributed by atoms with Crippen LogP contribution >= 0.6 is 0 Å². The van der Waals surface area contributed by atoms with Crippen LogP contribution in [0.3, 0.4) is 0 Å². The first-order chi connectivity index (χ1) is 6.57. The Bertz CT molecular complexity index is 171. The van der Waals surface area contributed by atoms with Gasteiger partial charge < -0.3 is 10.8 Å². The molecule has 0 amide bonds. The molecule has 0 aromatic rings. The van der Waals surface area contributed by atoms with Crippen molar-refractivity contribution in [3.8, 4) is 0 Å². The molecule has 0 radical (unpaired) electrons. The molecule has 1 aliphatic rings. The van der Waals surface area contributed by atoms with E-state index in [9.17, 15) is 5.11 Å². The average molecular weight is 200 g/mol. The van der Waals surface area contributed by atoms with E-state index in [0.29, 0.717) is 12.0 Å². The SMILES string of the molecule is CC(C)C1CCCN1C(CO)C(C)N. The third-order valence-electron chi connectivity index (χ3n) is 3.33. The molecule has 1 aliphatic heterocycles. The quantitative estimate of drug-likeness (QED) is 0.706. The monoisotopic (exact) mass is 200 g/mol. The van der Waals surface area contributed by atoms with Gasteiger partial charge in [0.2, 0.25) is 0 Å². The van der Waals surface area contributed by atoms with E-state index < -0.39 is 0 Å². The van der Waals surface area contributed by atoms with Gasteiger partial charge in [-0.1, -0.05) is 13.8 Å². The van der Waals surface area contributed by atoms with Gasteiger partial charge in [0.25, 0.3) is 0 Å². The first-order valence-electron chi connectivity index (χ1n) is 5.70. The summed E-state index contributed by atoms with van der Waals surface area (Å²) >= 11 is 0. The van der Waals surface area contributed by atoms with E-state index in [1.54, 1.807) is 0 Å². The highest BCUT2D eigenvalue weighted by molar-refractivity contribution is 4.89. The molecule has 14 heavy (non-hydrogen) atoms. The number of nitrogens with two attached hydrogens (primary N) is 1. The average Bonchev–Trinajstić information content (AvgIpc) is 2.53. The fraction of sp³-hybridized carbons (Fsp3) is 1.00. The largest absolute Gasteiger partial charge is 0.395 e. The fourth-order valence-electron chi connectivity index (χ4n) is 2.52. The maximum absolute atomic E-state index is 9.33. The molecule has 0 bridgehead atoms. The van der Waals surface area contributed by atoms with Crippen LogP contribution in [0.1, 0.15) is 33.6 Å². The van der Waals surface area contributed by atoms with Crippen molar-refractivity contribution in [3.05, 3.63) is 0 Å². The Labute approximate surface area is 87.3 Å². The molecule has 0 spiro atoms. The number of aliphatic hydroxyl groups excluding tert-OH is 1. The zero-order valence-corrected chi connectivity index (χ0v) is 9.61. The lowest BCUT2D eigenvalue weighted by atomic mass is 9.99. The molecule has 3 heteroatoms. The molecule has 1 fully saturated rings. The van der Waals surface area contributed by atoms with Crippen LogP contribution < -0.4 is 5.73 Å². The number of nitrogens with zero attached hydrogens (tertiary/aromatic N) is 1. The van der Waals surface area contributed by atoms with Crippen molar-refractivity contribution in [2.45, 2.75) is 51.7 Å². The number of aliphatic hydroxyl groups is 1. The zero-order valence-electron chi connectivity index (χ0n) is 9.61. The Morgan fingerprint density at radius 2 is 2.07 bits per heavy atom. The molecule has 0 saturated carbocycles. The Morgan fingerprint density at radius 1 is 1.43 bits per heavy atom. The Hall–Kier alpha value is -0.120. The van der Waals surface area contributed by atoms with Gasteiger partial charge >= 0.3 is 0 Å². The smallest absolute Gasteiger partial charge is 0.0601 e. The van der Waals surface area contributed by atoms with E-state index in [1.807, 2.05) is 6.92 Å². The molecule has 3 atom stereocenters. The first kappa shape index (κ1) is 12.0. The summed E-state index contributed by atoms with van der Waals surface area (Å²) in [7, 11) is 0. The van der Waals surface area contributed by atoms with Gasteiger partial charge in [-0.05, 0) is 32.2 Å². The molecule has 84 valence electrons. The summed E-state index contributed by atoms with van der Waals surface area (Å²) < 4.78 is 0. The summed E-state index contributed by atoms with van der Waals surface area (Å²) in [6, 6.07) is 0.808. The number of hydrogen-bond acceptors (Lipinski definition) is 3. The van der Waals surface area contributed by atoms with Crippen molar-refractivity contribution >= 4 is 0 Å². The molecule has 3 N–H and O–H groups in total. The minimum absolute atomic E-state index is 0.0550. The number of hydrogen-bond donors (Lipinski definition) is 2. The van der Waals surface area contributed by atoms with Gasteiger partial charge in [-0.25, -0.2) is 0 Å². The number of likely N-dealkylation sites (tertiary alicyclic amines) is 1. The lowest BCUT2D eigenvalue weighted by molar-refractivity contribution is 0.0802. The molecule has 3 nitrogen and oxygen atoms in total. The van der Waals surface area contributed by atoms with E-state index in [4.69, 9.17) is 5.73 Å². The molecule has 0 aromatic heterocycles. The van der Waals surface area contributed by atoms with E-state index in [1.165, 1.54) is 12.8 Å². The molecule has 3 unspecified atom stereocenters. The van der Waals surface area contributed by atoms with Crippen LogP contribution in [-0.4, -0.2) is 41.3 Å². The van der Waals surface area contributed by atoms with Crippen LogP contribution in [0, 0.1) is 5.92 Å². The van der Waals surface area contributed by atoms with Gasteiger partial charge in [0.1, 0.15) is 0 Å². The highest BCUT2D eigenvalue weighted by Crippen LogP contribution is 2.26. The highest BCUT2D eigenvalue weighted by atomic mass is 16.3. The van der Waals surface area contributed by atoms with Crippen molar-refractivity contribution in [1.82, 2.24) is 4.90 Å². The lowest BCUT2D eigenvalue weighted by Gasteiger charge is -2.36. The van der Waals surface area contributed by atoms with Crippen molar-refractivity contribution < 1.29 is 5.11 Å². The first-order valence-corrected chi connectivity index (χ1v) is 5.70. The summed E-state index contributed by atoms with van der Waals surface area (Å²) in [6.07, 6.45) is 2.49. The van der Waals surface area contributed by atoms with E-state index in [2.05, 4.69) is 18.7 Å². The fourth-order valence-corrected chi connectivity index (χ4v) is 2.52. The van der Waals surface area contributed by atoms with Crippen molar-refractivity contribution in [2.24, 2.45) is 11.7 Å². The summed E-state index contributed by atoms with van der Waals surface area (Å²) in [5.41, 5.74) is 5.89. The summed E-state index contributed by atoms with van der Waals surface area (Å²) in [5, 5.41) is 9.33. The van der Waals surface area contributed by atoms with Gasteiger partial charge in [-0.3, -0.25) is 4.90 Å². The molecular weight excluding hydrogens is 176 g/mol. The Balaban J connectivity index is 2.64. The van der Waals surface area contributed by atoms with E-state index in [-0.39, 0.29) is 18.7 Å². The summed E-state index contributed by atoms with van der Waals surface area (Å²) in [6.45, 7) is 7.75. The van der Waals surface area contributed by atoms with Gasteiger partial charge in [-0.2, -0.15) is 0 Å². The summed E-state index contributed by atoms with van der Waals surface area (Å²) in [5.74, 6) is 0.658. The predicted molar refractivity (Wildman–Crippen MR) is 59.1 cm³/mol. The van der Waals surface area contributed by atoms with Gasteiger partial charge in [0, 0.05) is 18.1 Å². The van der Waals surface area contributed by atoms with E-state index in [0.717, 1.165) is 6.54 Å². The third-order valence-corrected chi connectivity index (χ3v) is 3.33. The minimum atomic E-state index is 0.0550. The van der Waals surface area contributed by atoms with Crippen LogP contribution in [0.4, 0.5) is 0 Å². The molecular formula is C11H24N2O. The number of rotatable bonds is 4. The zero-order chi connectivity index (χ0) is 10.7. The Morgan fingerprint density at radius 3 is 2.50 bits per heavy atom. The lowest BCUT2D eigenvalue weighted by Crippen LogP contribution is -2.51. The predicted octanol–water partition coefficient (Wildman–Crippen LogP) is 0.815.